The second kappa shape index (κ2) is 7.16. The number of nitrogens with zero attached hydrogens (tertiary/aromatic N) is 3. The molecular weight excluding hydrogens is 383 g/mol. The number of halogens is 2. The smallest absolute Gasteiger partial charge is 0.296 e. The van der Waals surface area contributed by atoms with Gasteiger partial charge in [0.2, 0.25) is 0 Å². The summed E-state index contributed by atoms with van der Waals surface area (Å²) >= 11 is 5.87. The number of rotatable bonds is 3. The maximum atomic E-state index is 13.4. The quantitative estimate of drug-likeness (QED) is 0.702. The first-order chi connectivity index (χ1) is 13.5. The summed E-state index contributed by atoms with van der Waals surface area (Å²) in [6.45, 7) is 1.54. The van der Waals surface area contributed by atoms with E-state index in [1.165, 1.54) is 24.3 Å². The zero-order valence-electron chi connectivity index (χ0n) is 14.9. The third-order valence-electron chi connectivity index (χ3n) is 4.82. The lowest BCUT2D eigenvalue weighted by Gasteiger charge is -2.23. The normalized spacial score (nSPS) is 13.9. The summed E-state index contributed by atoms with van der Waals surface area (Å²) in [7, 11) is 0. The van der Waals surface area contributed by atoms with Crippen LogP contribution in [0.1, 0.15) is 12.8 Å². The molecule has 8 heteroatoms. The zero-order valence-corrected chi connectivity index (χ0v) is 15.7. The number of phenolic OH excluding ortho intramolecular Hbond substituents is 1. The zero-order chi connectivity index (χ0) is 19.8. The fourth-order valence-corrected chi connectivity index (χ4v) is 3.52. The molecule has 0 atom stereocenters. The molecule has 3 N–H and O–H groups in total. The van der Waals surface area contributed by atoms with Crippen molar-refractivity contribution >= 4 is 23.0 Å². The monoisotopic (exact) mass is 400 g/mol. The maximum absolute atomic E-state index is 13.4. The Hall–Kier alpha value is -3.06. The number of hydrogen-bond acceptors (Lipinski definition) is 5. The van der Waals surface area contributed by atoms with Gasteiger partial charge < -0.3 is 15.7 Å². The third-order valence-corrected chi connectivity index (χ3v) is 5.14. The van der Waals surface area contributed by atoms with Gasteiger partial charge in [-0.1, -0.05) is 11.6 Å². The molecule has 0 bridgehead atoms. The van der Waals surface area contributed by atoms with Crippen LogP contribution in [0.2, 0.25) is 5.02 Å². The van der Waals surface area contributed by atoms with E-state index in [0.717, 1.165) is 30.6 Å². The molecule has 1 saturated heterocycles. The molecule has 2 aromatic carbocycles. The number of benzene rings is 2. The van der Waals surface area contributed by atoms with Gasteiger partial charge in [-0.05, 0) is 49.2 Å². The molecule has 1 fully saturated rings. The van der Waals surface area contributed by atoms with Gasteiger partial charge in [0.25, 0.3) is 5.56 Å². The Kier molecular flexibility index (Phi) is 4.68. The third kappa shape index (κ3) is 3.18. The summed E-state index contributed by atoms with van der Waals surface area (Å²) in [5.41, 5.74) is 7.84. The van der Waals surface area contributed by atoms with Crippen LogP contribution in [-0.4, -0.2) is 28.0 Å². The Morgan fingerprint density at radius 3 is 2.43 bits per heavy atom. The van der Waals surface area contributed by atoms with Gasteiger partial charge in [0.1, 0.15) is 22.9 Å². The van der Waals surface area contributed by atoms with Crippen LogP contribution in [0, 0.1) is 5.82 Å². The van der Waals surface area contributed by atoms with Crippen molar-refractivity contribution in [2.24, 2.45) is 0 Å². The van der Waals surface area contributed by atoms with Crippen molar-refractivity contribution in [2.45, 2.75) is 12.8 Å². The molecule has 0 radical (unpaired) electrons. The van der Waals surface area contributed by atoms with Gasteiger partial charge in [0, 0.05) is 24.7 Å². The summed E-state index contributed by atoms with van der Waals surface area (Å²) in [5.74, 6) is -0.534. The van der Waals surface area contributed by atoms with Crippen LogP contribution in [0.5, 0.6) is 5.75 Å². The molecule has 28 heavy (non-hydrogen) atoms. The van der Waals surface area contributed by atoms with Gasteiger partial charge in [-0.2, -0.15) is 9.78 Å². The summed E-state index contributed by atoms with van der Waals surface area (Å²) in [4.78, 5) is 15.0. The molecule has 6 nitrogen and oxygen atoms in total. The highest BCUT2D eigenvalue weighted by atomic mass is 35.5. The summed E-state index contributed by atoms with van der Waals surface area (Å²) < 4.78 is 14.6. The van der Waals surface area contributed by atoms with Crippen molar-refractivity contribution < 1.29 is 9.50 Å². The Bertz CT molecular complexity index is 1090. The summed E-state index contributed by atoms with van der Waals surface area (Å²) in [5, 5.41) is 14.6. The lowest BCUT2D eigenvalue weighted by Crippen LogP contribution is -2.30. The minimum Gasteiger partial charge on any atom is -0.506 e. The van der Waals surface area contributed by atoms with Gasteiger partial charge in [0.05, 0.1) is 16.4 Å². The number of aromatic nitrogens is 2. The van der Waals surface area contributed by atoms with Crippen LogP contribution < -0.4 is 16.2 Å². The predicted octanol–water partition coefficient (Wildman–Crippen LogP) is 3.58. The molecule has 3 aromatic rings. The van der Waals surface area contributed by atoms with Crippen molar-refractivity contribution in [3.8, 4) is 22.7 Å². The van der Waals surface area contributed by atoms with E-state index >= 15 is 0 Å². The van der Waals surface area contributed by atoms with E-state index < -0.39 is 5.56 Å². The maximum Gasteiger partial charge on any atom is 0.296 e. The Morgan fingerprint density at radius 1 is 1.11 bits per heavy atom. The van der Waals surface area contributed by atoms with Crippen molar-refractivity contribution in [3.05, 3.63) is 63.7 Å². The highest BCUT2D eigenvalue weighted by Crippen LogP contribution is 2.35. The number of nitrogen functional groups attached to an aromatic ring is 1. The lowest BCUT2D eigenvalue weighted by molar-refractivity contribution is 0.475. The van der Waals surface area contributed by atoms with E-state index in [-0.39, 0.29) is 22.3 Å². The largest absolute Gasteiger partial charge is 0.506 e. The Balaban J connectivity index is 1.97. The molecule has 1 aliphatic heterocycles. The number of anilines is 2. The molecule has 0 spiro atoms. The summed E-state index contributed by atoms with van der Waals surface area (Å²) in [6, 6.07) is 10.3. The molecule has 2 heterocycles. The van der Waals surface area contributed by atoms with Gasteiger partial charge in [-0.3, -0.25) is 4.79 Å². The SMILES string of the molecule is Nc1c(N2CCCC2)c(-c2ccc(F)cc2)nn(-c2ccc(Cl)c(O)c2)c1=O. The molecule has 0 unspecified atom stereocenters. The highest BCUT2D eigenvalue weighted by molar-refractivity contribution is 6.32. The van der Waals surface area contributed by atoms with Crippen molar-refractivity contribution in [3.63, 3.8) is 0 Å². The van der Waals surface area contributed by atoms with Crippen molar-refractivity contribution in [1.82, 2.24) is 9.78 Å². The molecule has 144 valence electrons. The van der Waals surface area contributed by atoms with Crippen LogP contribution in [-0.2, 0) is 0 Å². The summed E-state index contributed by atoms with van der Waals surface area (Å²) in [6.07, 6.45) is 1.99. The topological polar surface area (TPSA) is 84.4 Å². The van der Waals surface area contributed by atoms with Crippen LogP contribution >= 0.6 is 11.6 Å². The van der Waals surface area contributed by atoms with E-state index in [0.29, 0.717) is 22.6 Å². The average Bonchev–Trinajstić information content (AvgIpc) is 3.21. The minimum absolute atomic E-state index is 0.0608. The predicted molar refractivity (Wildman–Crippen MR) is 108 cm³/mol. The molecule has 4 rings (SSSR count). The number of aromatic hydroxyl groups is 1. The van der Waals surface area contributed by atoms with E-state index in [4.69, 9.17) is 17.3 Å². The first-order valence-corrected chi connectivity index (χ1v) is 9.26. The first kappa shape index (κ1) is 18.3. The Morgan fingerprint density at radius 2 is 1.79 bits per heavy atom. The van der Waals surface area contributed by atoms with Gasteiger partial charge >= 0.3 is 0 Å². The second-order valence-electron chi connectivity index (χ2n) is 6.66. The highest BCUT2D eigenvalue weighted by Gasteiger charge is 2.24. The molecule has 1 aromatic heterocycles. The molecule has 0 amide bonds. The van der Waals surface area contributed by atoms with E-state index in [9.17, 15) is 14.3 Å². The van der Waals surface area contributed by atoms with Crippen LogP contribution in [0.25, 0.3) is 16.9 Å². The van der Waals surface area contributed by atoms with E-state index in [1.807, 2.05) is 4.90 Å². The Labute approximate surface area is 165 Å². The standard InChI is InChI=1S/C20H18ClFN4O2/c21-15-8-7-14(11-16(15)27)26-20(28)17(23)19(25-9-1-2-10-25)18(24-26)12-3-5-13(22)6-4-12/h3-8,11,27H,1-2,9-10,23H2. The van der Waals surface area contributed by atoms with Crippen LogP contribution in [0.4, 0.5) is 15.8 Å². The number of hydrogen-bond donors (Lipinski definition) is 2. The fourth-order valence-electron chi connectivity index (χ4n) is 3.41. The van der Waals surface area contributed by atoms with Crippen molar-refractivity contribution in [1.29, 1.82) is 0 Å². The molecule has 1 aliphatic rings. The molecule has 0 saturated carbocycles. The van der Waals surface area contributed by atoms with Gasteiger partial charge in [-0.25, -0.2) is 4.39 Å². The molecular formula is C20H18ClFN4O2. The van der Waals surface area contributed by atoms with Crippen LogP contribution in [0.3, 0.4) is 0 Å². The van der Waals surface area contributed by atoms with E-state index in [2.05, 4.69) is 5.10 Å². The van der Waals surface area contributed by atoms with Crippen LogP contribution in [0.15, 0.2) is 47.3 Å². The number of nitrogens with two attached hydrogens (primary N) is 1. The second-order valence-corrected chi connectivity index (χ2v) is 7.07. The minimum atomic E-state index is -0.491. The first-order valence-electron chi connectivity index (χ1n) is 8.88. The molecule has 0 aliphatic carbocycles. The van der Waals surface area contributed by atoms with E-state index in [1.54, 1.807) is 18.2 Å². The number of phenols is 1. The van der Waals surface area contributed by atoms with Crippen molar-refractivity contribution in [2.75, 3.05) is 23.7 Å². The van der Waals surface area contributed by atoms with Gasteiger partial charge in [0.15, 0.2) is 0 Å². The lowest BCUT2D eigenvalue weighted by atomic mass is 10.1. The average molecular weight is 401 g/mol. The van der Waals surface area contributed by atoms with Gasteiger partial charge in [-0.15, -0.1) is 0 Å². The fraction of sp³-hybridized carbons (Fsp3) is 0.200.